The minimum Gasteiger partial charge on any atom is -0.312 e. The summed E-state index contributed by atoms with van der Waals surface area (Å²) >= 11 is 0. The van der Waals surface area contributed by atoms with Gasteiger partial charge in [-0.3, -0.25) is 4.90 Å². The van der Waals surface area contributed by atoms with E-state index in [1.807, 2.05) is 0 Å². The minimum absolute atomic E-state index is 0.716. The summed E-state index contributed by atoms with van der Waals surface area (Å²) in [5.74, 6) is 0. The van der Waals surface area contributed by atoms with Crippen LogP contribution in [0.4, 0.5) is 0 Å². The standard InChI is InChI=1S/C13H26N2/c1-4-13-8-5-10(2)15(13)11(3)9-14-12-6-7-12/h10-14H,4-9H2,1-3H3. The summed E-state index contributed by atoms with van der Waals surface area (Å²) in [5.41, 5.74) is 0. The smallest absolute Gasteiger partial charge is 0.0198 e. The van der Waals surface area contributed by atoms with Crippen LogP contribution in [0.25, 0.3) is 0 Å². The fourth-order valence-corrected chi connectivity index (χ4v) is 3.03. The number of nitrogens with one attached hydrogen (secondary N) is 1. The van der Waals surface area contributed by atoms with Crippen molar-refractivity contribution in [2.24, 2.45) is 0 Å². The van der Waals surface area contributed by atoms with Gasteiger partial charge in [-0.2, -0.15) is 0 Å². The van der Waals surface area contributed by atoms with Crippen molar-refractivity contribution in [2.75, 3.05) is 6.54 Å². The molecule has 1 saturated carbocycles. The molecule has 2 rings (SSSR count). The Morgan fingerprint density at radius 3 is 2.60 bits per heavy atom. The van der Waals surface area contributed by atoms with Crippen LogP contribution in [0.1, 0.15) is 52.9 Å². The lowest BCUT2D eigenvalue weighted by Gasteiger charge is -2.34. The van der Waals surface area contributed by atoms with Gasteiger partial charge in [-0.15, -0.1) is 0 Å². The molecule has 2 nitrogen and oxygen atoms in total. The Kier molecular flexibility index (Phi) is 3.68. The van der Waals surface area contributed by atoms with Crippen LogP contribution in [0.15, 0.2) is 0 Å². The van der Waals surface area contributed by atoms with Crippen LogP contribution in [0.5, 0.6) is 0 Å². The summed E-state index contributed by atoms with van der Waals surface area (Å²) in [4.78, 5) is 2.75. The van der Waals surface area contributed by atoms with Crippen LogP contribution in [-0.4, -0.2) is 35.6 Å². The monoisotopic (exact) mass is 210 g/mol. The van der Waals surface area contributed by atoms with Crippen molar-refractivity contribution < 1.29 is 0 Å². The topological polar surface area (TPSA) is 15.3 Å². The highest BCUT2D eigenvalue weighted by Gasteiger charge is 2.33. The summed E-state index contributed by atoms with van der Waals surface area (Å²) < 4.78 is 0. The molecule has 0 aromatic heterocycles. The molecule has 0 amide bonds. The van der Waals surface area contributed by atoms with Crippen LogP contribution in [0.2, 0.25) is 0 Å². The third kappa shape index (κ3) is 2.73. The molecule has 3 atom stereocenters. The van der Waals surface area contributed by atoms with Crippen molar-refractivity contribution >= 4 is 0 Å². The first-order valence-corrected chi connectivity index (χ1v) is 6.73. The SMILES string of the molecule is CCC1CCC(C)N1C(C)CNC1CC1. The van der Waals surface area contributed by atoms with Gasteiger partial charge in [-0.1, -0.05) is 6.92 Å². The van der Waals surface area contributed by atoms with Gasteiger partial charge in [0, 0.05) is 30.7 Å². The molecular formula is C13H26N2. The van der Waals surface area contributed by atoms with Crippen molar-refractivity contribution in [1.29, 1.82) is 0 Å². The molecule has 15 heavy (non-hydrogen) atoms. The first-order valence-electron chi connectivity index (χ1n) is 6.73. The van der Waals surface area contributed by atoms with Gasteiger partial charge in [0.1, 0.15) is 0 Å². The predicted octanol–water partition coefficient (Wildman–Crippen LogP) is 2.39. The second-order valence-electron chi connectivity index (χ2n) is 5.47. The summed E-state index contributed by atoms with van der Waals surface area (Å²) in [6, 6.07) is 3.21. The molecule has 1 N–H and O–H groups in total. The molecule has 0 radical (unpaired) electrons. The van der Waals surface area contributed by atoms with E-state index in [4.69, 9.17) is 0 Å². The Morgan fingerprint density at radius 2 is 2.00 bits per heavy atom. The van der Waals surface area contributed by atoms with Gasteiger partial charge in [0.15, 0.2) is 0 Å². The van der Waals surface area contributed by atoms with Crippen LogP contribution in [-0.2, 0) is 0 Å². The Bertz CT molecular complexity index is 201. The molecule has 88 valence electrons. The van der Waals surface area contributed by atoms with Gasteiger partial charge >= 0.3 is 0 Å². The fraction of sp³-hybridized carbons (Fsp3) is 1.00. The molecule has 1 heterocycles. The van der Waals surface area contributed by atoms with E-state index in [1.165, 1.54) is 38.6 Å². The van der Waals surface area contributed by atoms with Gasteiger partial charge in [-0.25, -0.2) is 0 Å². The Morgan fingerprint density at radius 1 is 1.27 bits per heavy atom. The van der Waals surface area contributed by atoms with Crippen molar-refractivity contribution in [3.05, 3.63) is 0 Å². The van der Waals surface area contributed by atoms with E-state index in [-0.39, 0.29) is 0 Å². The molecule has 2 fully saturated rings. The summed E-state index contributed by atoms with van der Waals surface area (Å²) in [6.45, 7) is 8.30. The molecule has 3 unspecified atom stereocenters. The Balaban J connectivity index is 1.82. The third-order valence-corrected chi connectivity index (χ3v) is 4.11. The molecule has 0 bridgehead atoms. The first-order chi connectivity index (χ1) is 7.22. The van der Waals surface area contributed by atoms with Crippen molar-refractivity contribution in [1.82, 2.24) is 10.2 Å². The molecule has 0 spiro atoms. The van der Waals surface area contributed by atoms with E-state index < -0.39 is 0 Å². The molecule has 1 aliphatic heterocycles. The number of hydrogen-bond acceptors (Lipinski definition) is 2. The summed E-state index contributed by atoms with van der Waals surface area (Å²) in [7, 11) is 0. The quantitative estimate of drug-likeness (QED) is 0.749. The zero-order valence-electron chi connectivity index (χ0n) is 10.5. The third-order valence-electron chi connectivity index (χ3n) is 4.11. The Labute approximate surface area is 94.4 Å². The maximum absolute atomic E-state index is 3.66. The van der Waals surface area contributed by atoms with Crippen LogP contribution in [0.3, 0.4) is 0 Å². The average molecular weight is 210 g/mol. The summed E-state index contributed by atoms with van der Waals surface area (Å²) in [6.07, 6.45) is 6.93. The normalized spacial score (nSPS) is 34.6. The predicted molar refractivity (Wildman–Crippen MR) is 65.1 cm³/mol. The van der Waals surface area contributed by atoms with E-state index in [0.29, 0.717) is 6.04 Å². The molecule has 1 saturated heterocycles. The lowest BCUT2D eigenvalue weighted by molar-refractivity contribution is 0.141. The van der Waals surface area contributed by atoms with E-state index in [1.54, 1.807) is 0 Å². The molecular weight excluding hydrogens is 184 g/mol. The number of likely N-dealkylation sites (tertiary alicyclic amines) is 1. The largest absolute Gasteiger partial charge is 0.312 e. The van der Waals surface area contributed by atoms with E-state index in [2.05, 4.69) is 31.0 Å². The van der Waals surface area contributed by atoms with Crippen molar-refractivity contribution in [3.63, 3.8) is 0 Å². The van der Waals surface area contributed by atoms with Crippen molar-refractivity contribution in [3.8, 4) is 0 Å². The van der Waals surface area contributed by atoms with E-state index >= 15 is 0 Å². The van der Waals surface area contributed by atoms with Gasteiger partial charge in [-0.05, 0) is 46.0 Å². The minimum atomic E-state index is 0.716. The number of nitrogens with zero attached hydrogens (tertiary/aromatic N) is 1. The highest BCUT2D eigenvalue weighted by molar-refractivity contribution is 4.90. The van der Waals surface area contributed by atoms with Gasteiger partial charge in [0.2, 0.25) is 0 Å². The van der Waals surface area contributed by atoms with Gasteiger partial charge in [0.25, 0.3) is 0 Å². The lowest BCUT2D eigenvalue weighted by atomic mass is 10.1. The molecule has 0 aromatic carbocycles. The maximum Gasteiger partial charge on any atom is 0.0198 e. The van der Waals surface area contributed by atoms with Crippen molar-refractivity contribution in [2.45, 2.75) is 77.0 Å². The van der Waals surface area contributed by atoms with Crippen LogP contribution >= 0.6 is 0 Å². The number of hydrogen-bond donors (Lipinski definition) is 1. The van der Waals surface area contributed by atoms with Gasteiger partial charge < -0.3 is 5.32 Å². The van der Waals surface area contributed by atoms with Crippen LogP contribution < -0.4 is 5.32 Å². The zero-order chi connectivity index (χ0) is 10.8. The molecule has 2 heteroatoms. The van der Waals surface area contributed by atoms with Gasteiger partial charge in [0.05, 0.1) is 0 Å². The molecule has 0 aromatic rings. The fourth-order valence-electron chi connectivity index (χ4n) is 3.03. The Hall–Kier alpha value is -0.0800. The maximum atomic E-state index is 3.66. The second-order valence-corrected chi connectivity index (χ2v) is 5.47. The first kappa shape index (κ1) is 11.4. The van der Waals surface area contributed by atoms with E-state index in [0.717, 1.165) is 18.1 Å². The molecule has 1 aliphatic carbocycles. The van der Waals surface area contributed by atoms with Crippen LogP contribution in [0, 0.1) is 0 Å². The summed E-state index contributed by atoms with van der Waals surface area (Å²) in [5, 5.41) is 3.66. The lowest BCUT2D eigenvalue weighted by Crippen LogP contribution is -2.46. The average Bonchev–Trinajstić information content (AvgIpc) is 2.98. The van der Waals surface area contributed by atoms with E-state index in [9.17, 15) is 0 Å². The highest BCUT2D eigenvalue weighted by Crippen LogP contribution is 2.28. The molecule has 2 aliphatic rings. The highest BCUT2D eigenvalue weighted by atomic mass is 15.2. The number of rotatable bonds is 5. The second kappa shape index (κ2) is 4.84. The zero-order valence-corrected chi connectivity index (χ0v) is 10.5.